The fraction of sp³-hybridized carbons (Fsp3) is 0.300. The van der Waals surface area contributed by atoms with Gasteiger partial charge in [0, 0.05) is 0 Å². The summed E-state index contributed by atoms with van der Waals surface area (Å²) in [5, 5.41) is 1.08. The van der Waals surface area contributed by atoms with E-state index >= 15 is 0 Å². The molecule has 0 aliphatic heterocycles. The number of fused-ring (bicyclic) bond motifs is 1. The molecule has 2 N–H and O–H groups in total. The maximum Gasteiger partial charge on any atom is 0.104 e. The number of aryl methyl sites for hydroxylation is 2. The van der Waals surface area contributed by atoms with Crippen molar-refractivity contribution in [1.29, 1.82) is 0 Å². The van der Waals surface area contributed by atoms with Crippen molar-refractivity contribution < 1.29 is 0 Å². The van der Waals surface area contributed by atoms with Crippen LogP contribution in [0.4, 0.5) is 5.69 Å². The van der Waals surface area contributed by atoms with Gasteiger partial charge in [-0.25, -0.2) is 4.98 Å². The van der Waals surface area contributed by atoms with Crippen LogP contribution < -0.4 is 5.73 Å². The van der Waals surface area contributed by atoms with Gasteiger partial charge in [0.1, 0.15) is 5.52 Å². The molecule has 1 heterocycles. The minimum Gasteiger partial charge on any atom is -0.397 e. The molecule has 0 saturated heterocycles. The molecule has 0 aliphatic carbocycles. The smallest absolute Gasteiger partial charge is 0.104 e. The number of nitrogen functional groups attached to an aromatic ring is 1. The molecule has 0 unspecified atom stereocenters. The van der Waals surface area contributed by atoms with Gasteiger partial charge < -0.3 is 5.73 Å². The molecule has 1 aromatic carbocycles. The molecule has 0 aliphatic rings. The third-order valence-electron chi connectivity index (χ3n) is 2.10. The number of benzene rings is 1. The Bertz CT molecular complexity index is 445. The average Bonchev–Trinajstić information content (AvgIpc) is 2.46. The number of thiazole rings is 1. The second kappa shape index (κ2) is 3.00. The quantitative estimate of drug-likeness (QED) is 0.706. The van der Waals surface area contributed by atoms with Crippen molar-refractivity contribution in [2.24, 2.45) is 0 Å². The van der Waals surface area contributed by atoms with E-state index in [0.717, 1.165) is 22.6 Å². The summed E-state index contributed by atoms with van der Waals surface area (Å²) >= 11 is 1.70. The van der Waals surface area contributed by atoms with Crippen LogP contribution in [-0.2, 0) is 6.42 Å². The van der Waals surface area contributed by atoms with Crippen LogP contribution in [0.1, 0.15) is 17.5 Å². The molecule has 0 spiro atoms. The van der Waals surface area contributed by atoms with Gasteiger partial charge in [0.05, 0.1) is 15.4 Å². The zero-order valence-electron chi connectivity index (χ0n) is 7.79. The zero-order chi connectivity index (χ0) is 9.42. The predicted octanol–water partition coefficient (Wildman–Crippen LogP) is 2.75. The highest BCUT2D eigenvalue weighted by molar-refractivity contribution is 7.18. The highest BCUT2D eigenvalue weighted by atomic mass is 32.1. The Morgan fingerprint density at radius 1 is 1.46 bits per heavy atom. The van der Waals surface area contributed by atoms with E-state index in [-0.39, 0.29) is 0 Å². The number of nitrogens with two attached hydrogens (primary N) is 1. The van der Waals surface area contributed by atoms with Crippen molar-refractivity contribution in [3.63, 3.8) is 0 Å². The molecular weight excluding hydrogens is 180 g/mol. The molecule has 0 amide bonds. The lowest BCUT2D eigenvalue weighted by atomic mass is 10.1. The second-order valence-corrected chi connectivity index (χ2v) is 4.35. The third kappa shape index (κ3) is 1.40. The Balaban J connectivity index is 2.75. The summed E-state index contributed by atoms with van der Waals surface area (Å²) in [6.07, 6.45) is 1.02. The average molecular weight is 192 g/mol. The topological polar surface area (TPSA) is 38.9 Å². The van der Waals surface area contributed by atoms with Crippen LogP contribution in [0.25, 0.3) is 10.2 Å². The normalized spacial score (nSPS) is 10.9. The third-order valence-corrected chi connectivity index (χ3v) is 3.02. The highest BCUT2D eigenvalue weighted by Gasteiger charge is 2.04. The monoisotopic (exact) mass is 192 g/mol. The summed E-state index contributed by atoms with van der Waals surface area (Å²) < 4.78 is 1.20. The lowest BCUT2D eigenvalue weighted by Crippen LogP contribution is -1.89. The van der Waals surface area contributed by atoms with Gasteiger partial charge in [0.2, 0.25) is 0 Å². The van der Waals surface area contributed by atoms with Gasteiger partial charge in [-0.3, -0.25) is 0 Å². The summed E-state index contributed by atoms with van der Waals surface area (Å²) in [5.74, 6) is 0. The SMILES string of the molecule is CCc1cc(N)c2nc(C)sc2c1. The maximum absolute atomic E-state index is 5.89. The van der Waals surface area contributed by atoms with Crippen molar-refractivity contribution in [2.45, 2.75) is 20.3 Å². The van der Waals surface area contributed by atoms with Crippen molar-refractivity contribution in [3.8, 4) is 0 Å². The molecule has 0 atom stereocenters. The van der Waals surface area contributed by atoms with Crippen molar-refractivity contribution >= 4 is 27.2 Å². The Labute approximate surface area is 81.4 Å². The largest absolute Gasteiger partial charge is 0.397 e. The number of aromatic nitrogens is 1. The lowest BCUT2D eigenvalue weighted by molar-refractivity contribution is 1.15. The van der Waals surface area contributed by atoms with Gasteiger partial charge in [-0.1, -0.05) is 6.92 Å². The maximum atomic E-state index is 5.89. The van der Waals surface area contributed by atoms with E-state index < -0.39 is 0 Å². The van der Waals surface area contributed by atoms with Crippen molar-refractivity contribution in [3.05, 3.63) is 22.7 Å². The standard InChI is InChI=1S/C10H12N2S/c1-3-7-4-8(11)10-9(5-7)13-6(2)12-10/h4-5H,3,11H2,1-2H3. The number of nitrogens with zero attached hydrogens (tertiary/aromatic N) is 1. The molecule has 2 rings (SSSR count). The van der Waals surface area contributed by atoms with Gasteiger partial charge in [-0.2, -0.15) is 0 Å². The minimum atomic E-state index is 0.804. The molecule has 3 heteroatoms. The lowest BCUT2D eigenvalue weighted by Gasteiger charge is -1.99. The van der Waals surface area contributed by atoms with E-state index in [4.69, 9.17) is 5.73 Å². The molecule has 13 heavy (non-hydrogen) atoms. The molecule has 2 aromatic rings. The predicted molar refractivity (Wildman–Crippen MR) is 58.1 cm³/mol. The van der Waals surface area contributed by atoms with Crippen LogP contribution in [0.3, 0.4) is 0 Å². The van der Waals surface area contributed by atoms with Crippen LogP contribution in [0.2, 0.25) is 0 Å². The number of hydrogen-bond donors (Lipinski definition) is 1. The van der Waals surface area contributed by atoms with E-state index in [2.05, 4.69) is 18.0 Å². The van der Waals surface area contributed by atoms with Gasteiger partial charge in [-0.15, -0.1) is 11.3 Å². The Morgan fingerprint density at radius 3 is 2.92 bits per heavy atom. The van der Waals surface area contributed by atoms with Crippen LogP contribution in [-0.4, -0.2) is 4.98 Å². The molecule has 1 aromatic heterocycles. The molecule has 68 valence electrons. The fourth-order valence-corrected chi connectivity index (χ4v) is 2.36. The second-order valence-electron chi connectivity index (χ2n) is 3.12. The van der Waals surface area contributed by atoms with Gasteiger partial charge >= 0.3 is 0 Å². The number of anilines is 1. The first-order chi connectivity index (χ1) is 6.20. The Morgan fingerprint density at radius 2 is 2.23 bits per heavy atom. The van der Waals surface area contributed by atoms with Crippen LogP contribution in [0.15, 0.2) is 12.1 Å². The highest BCUT2D eigenvalue weighted by Crippen LogP contribution is 2.27. The first kappa shape index (κ1) is 8.51. The number of rotatable bonds is 1. The van der Waals surface area contributed by atoms with Crippen LogP contribution in [0.5, 0.6) is 0 Å². The molecule has 0 saturated carbocycles. The summed E-state index contributed by atoms with van der Waals surface area (Å²) in [7, 11) is 0. The molecule has 0 bridgehead atoms. The van der Waals surface area contributed by atoms with E-state index in [1.54, 1.807) is 11.3 Å². The number of hydrogen-bond acceptors (Lipinski definition) is 3. The molecule has 0 fully saturated rings. The van der Waals surface area contributed by atoms with Gasteiger partial charge in [0.25, 0.3) is 0 Å². The van der Waals surface area contributed by atoms with E-state index in [9.17, 15) is 0 Å². The summed E-state index contributed by atoms with van der Waals surface area (Å²) in [4.78, 5) is 4.38. The fourth-order valence-electron chi connectivity index (χ4n) is 1.43. The minimum absolute atomic E-state index is 0.804. The molecule has 2 nitrogen and oxygen atoms in total. The molecular formula is C10H12N2S. The Kier molecular flexibility index (Phi) is 1.96. The summed E-state index contributed by atoms with van der Waals surface area (Å²) in [6, 6.07) is 4.19. The molecule has 0 radical (unpaired) electrons. The Hall–Kier alpha value is -1.09. The first-order valence-electron chi connectivity index (χ1n) is 4.36. The van der Waals surface area contributed by atoms with Gasteiger partial charge in [-0.05, 0) is 31.0 Å². The van der Waals surface area contributed by atoms with E-state index in [0.29, 0.717) is 0 Å². The van der Waals surface area contributed by atoms with Crippen molar-refractivity contribution in [2.75, 3.05) is 5.73 Å². The van der Waals surface area contributed by atoms with Gasteiger partial charge in [0.15, 0.2) is 0 Å². The van der Waals surface area contributed by atoms with Crippen LogP contribution in [0, 0.1) is 6.92 Å². The van der Waals surface area contributed by atoms with Crippen LogP contribution >= 0.6 is 11.3 Å². The first-order valence-corrected chi connectivity index (χ1v) is 5.18. The summed E-state index contributed by atoms with van der Waals surface area (Å²) in [6.45, 7) is 4.14. The summed E-state index contributed by atoms with van der Waals surface area (Å²) in [5.41, 5.74) is 8.94. The van der Waals surface area contributed by atoms with E-state index in [1.165, 1.54) is 10.3 Å². The van der Waals surface area contributed by atoms with Crippen molar-refractivity contribution in [1.82, 2.24) is 4.98 Å². The van der Waals surface area contributed by atoms with E-state index in [1.807, 2.05) is 13.0 Å². The zero-order valence-corrected chi connectivity index (χ0v) is 8.61.